The van der Waals surface area contributed by atoms with Gasteiger partial charge in [0, 0.05) is 0 Å². The summed E-state index contributed by atoms with van der Waals surface area (Å²) in [4.78, 5) is 50.9. The van der Waals surface area contributed by atoms with E-state index in [2.05, 4.69) is 0 Å². The van der Waals surface area contributed by atoms with E-state index in [1.165, 1.54) is 0 Å². The van der Waals surface area contributed by atoms with Crippen LogP contribution in [0, 0.1) is 0 Å². The molecule has 0 aliphatic heterocycles. The summed E-state index contributed by atoms with van der Waals surface area (Å²) in [6.45, 7) is 0. The molecule has 0 fully saturated rings. The zero-order valence-electron chi connectivity index (χ0n) is 4.49. The molecule has 0 atom stereocenters. The average Bonchev–Trinajstić information content (AvgIpc) is 1.12. The molecule has 0 aromatic heterocycles. The maximum absolute atomic E-state index is 8.88. The van der Waals surface area contributed by atoms with Crippen LogP contribution in [0.25, 0.3) is 0 Å². The fourth-order valence-corrected chi connectivity index (χ4v) is 0. The summed E-state index contributed by atoms with van der Waals surface area (Å²) in [6.07, 6.45) is 0. The molecule has 0 heterocycles. The summed E-state index contributed by atoms with van der Waals surface area (Å²) in [5, 5.41) is 0. The minimum atomic E-state index is -4.64. The van der Waals surface area contributed by atoms with Gasteiger partial charge in [-0.2, -0.15) is 0 Å². The molecule has 0 saturated heterocycles. The van der Waals surface area contributed by atoms with Crippen LogP contribution in [0.15, 0.2) is 0 Å². The van der Waals surface area contributed by atoms with Crippen LogP contribution in [0.5, 0.6) is 0 Å². The van der Waals surface area contributed by atoms with Crippen LogP contribution < -0.4 is 0 Å². The van der Waals surface area contributed by atoms with Crippen LogP contribution >= 0.6 is 7.82 Å². The van der Waals surface area contributed by atoms with E-state index >= 15 is 0 Å². The van der Waals surface area contributed by atoms with Gasteiger partial charge in [0.25, 0.3) is 0 Å². The molecule has 0 amide bonds. The second kappa shape index (κ2) is 10.2. The van der Waals surface area contributed by atoms with Crippen molar-refractivity contribution in [3.05, 3.63) is 0 Å². The maximum atomic E-state index is 8.88. The molecule has 12 heteroatoms. The van der Waals surface area contributed by atoms with Crippen LogP contribution in [0.3, 0.4) is 0 Å². The van der Waals surface area contributed by atoms with Crippen LogP contribution in [0.2, 0.25) is 0 Å². The molecule has 0 rings (SSSR count). The zero-order valence-corrected chi connectivity index (χ0v) is 6.38. The van der Waals surface area contributed by atoms with Gasteiger partial charge in [0.2, 0.25) is 0 Å². The Morgan fingerprint density at radius 3 is 0.833 bits per heavy atom. The van der Waals surface area contributed by atoms with Gasteiger partial charge in [-0.25, -0.2) is 4.57 Å². The van der Waals surface area contributed by atoms with Crippen molar-refractivity contribution in [2.24, 2.45) is 0 Å². The van der Waals surface area contributed by atoms with Crippen molar-refractivity contribution >= 4 is 92.3 Å². The van der Waals surface area contributed by atoms with Gasteiger partial charge in [-0.15, -0.1) is 0 Å². The minimum absolute atomic E-state index is 0. The summed E-state index contributed by atoms with van der Waals surface area (Å²) in [5.74, 6) is 0. The summed E-state index contributed by atoms with van der Waals surface area (Å²) >= 11 is 0. The Morgan fingerprint density at radius 2 is 0.833 bits per heavy atom. The molecule has 0 radical (unpaired) electrons. The van der Waals surface area contributed by atoms with Crippen molar-refractivity contribution in [1.82, 2.24) is 0 Å². The SMILES string of the molecule is O=P(O)(O)O.O[Si](O)(O)O.[CaH2].[CaH2]. The fraction of sp³-hybridized carbons (Fsp3) is 0. The van der Waals surface area contributed by atoms with Gasteiger partial charge in [0.1, 0.15) is 0 Å². The third-order valence-corrected chi connectivity index (χ3v) is 0. The molecule has 0 aliphatic carbocycles. The predicted octanol–water partition coefficient (Wildman–Crippen LogP) is -5.37. The van der Waals surface area contributed by atoms with Crippen LogP contribution in [-0.2, 0) is 4.57 Å². The molecule has 0 spiro atoms. The summed E-state index contributed by atoms with van der Waals surface area (Å²) in [5.41, 5.74) is 0. The average molecular weight is 278 g/mol. The Balaban J connectivity index is -0.0000000457. The van der Waals surface area contributed by atoms with E-state index in [0.29, 0.717) is 0 Å². The van der Waals surface area contributed by atoms with E-state index < -0.39 is 16.9 Å². The van der Waals surface area contributed by atoms with Crippen LogP contribution in [0.1, 0.15) is 0 Å². The number of hydrogen-bond donors (Lipinski definition) is 7. The summed E-state index contributed by atoms with van der Waals surface area (Å²) in [7, 11) is -9.25. The molecular formula is H11Ca2O8PSi. The first-order valence-electron chi connectivity index (χ1n) is 1.68. The Labute approximate surface area is 129 Å². The Morgan fingerprint density at radius 1 is 0.833 bits per heavy atom. The van der Waals surface area contributed by atoms with E-state index in [4.69, 9.17) is 38.4 Å². The van der Waals surface area contributed by atoms with E-state index in [1.54, 1.807) is 0 Å². The summed E-state index contributed by atoms with van der Waals surface area (Å²) < 4.78 is 8.88. The quantitative estimate of drug-likeness (QED) is 0.171. The van der Waals surface area contributed by atoms with Gasteiger partial charge in [0.15, 0.2) is 0 Å². The molecule has 0 bridgehead atoms. The van der Waals surface area contributed by atoms with Crippen molar-refractivity contribution < 1.29 is 38.4 Å². The number of phosphoric acid groups is 1. The Hall–Kier alpha value is 2.69. The van der Waals surface area contributed by atoms with Gasteiger partial charge in [-0.1, -0.05) is 0 Å². The topological polar surface area (TPSA) is 159 Å². The Bertz CT molecular complexity index is 109. The molecule has 0 aromatic carbocycles. The zero-order chi connectivity index (χ0) is 9.00. The first kappa shape index (κ1) is 24.1. The van der Waals surface area contributed by atoms with Gasteiger partial charge >= 0.3 is 92.3 Å². The molecule has 0 saturated carbocycles. The van der Waals surface area contributed by atoms with Gasteiger partial charge in [-0.05, 0) is 0 Å². The van der Waals surface area contributed by atoms with Gasteiger partial charge < -0.3 is 33.9 Å². The molecule has 0 aromatic rings. The van der Waals surface area contributed by atoms with E-state index in [0.717, 1.165) is 0 Å². The first-order valence-corrected chi connectivity index (χ1v) is 5.03. The first-order chi connectivity index (χ1) is 4.00. The van der Waals surface area contributed by atoms with E-state index in [-0.39, 0.29) is 75.5 Å². The third kappa shape index (κ3) is 240. The summed E-state index contributed by atoms with van der Waals surface area (Å²) in [6, 6.07) is 0. The Kier molecular flexibility index (Phi) is 20.5. The van der Waals surface area contributed by atoms with Crippen LogP contribution in [0.4, 0.5) is 0 Å². The van der Waals surface area contributed by atoms with Gasteiger partial charge in [0.05, 0.1) is 0 Å². The molecule has 72 valence electrons. The normalized spacial score (nSPS) is 9.92. The van der Waals surface area contributed by atoms with Crippen molar-refractivity contribution in [1.29, 1.82) is 0 Å². The molecule has 0 aliphatic rings. The monoisotopic (exact) mass is 278 g/mol. The van der Waals surface area contributed by atoms with E-state index in [9.17, 15) is 0 Å². The number of hydrogen-bond acceptors (Lipinski definition) is 5. The molecule has 12 heavy (non-hydrogen) atoms. The molecule has 8 nitrogen and oxygen atoms in total. The molecule has 0 unspecified atom stereocenters. The number of rotatable bonds is 0. The third-order valence-electron chi connectivity index (χ3n) is 0. The van der Waals surface area contributed by atoms with Crippen molar-refractivity contribution in [2.45, 2.75) is 0 Å². The standard InChI is InChI=1S/2Ca.H3O4P.H4O4Si.4H/c;;2*1-5(2,3)4;;;;/h;;(H3,1,2,3,4);1-4H;;;;. The second-order valence-corrected chi connectivity index (χ2v) is 3.34. The van der Waals surface area contributed by atoms with Gasteiger partial charge in [-0.3, -0.25) is 0 Å². The second-order valence-electron chi connectivity index (χ2n) is 1.11. The van der Waals surface area contributed by atoms with E-state index in [1.807, 2.05) is 0 Å². The van der Waals surface area contributed by atoms with Crippen molar-refractivity contribution in [3.63, 3.8) is 0 Å². The predicted molar refractivity (Wildman–Crippen MR) is 46.0 cm³/mol. The van der Waals surface area contributed by atoms with Crippen molar-refractivity contribution in [2.75, 3.05) is 0 Å². The van der Waals surface area contributed by atoms with Crippen molar-refractivity contribution in [3.8, 4) is 0 Å². The van der Waals surface area contributed by atoms with Crippen LogP contribution in [-0.4, -0.2) is 118 Å². The fourth-order valence-electron chi connectivity index (χ4n) is 0. The molecular weight excluding hydrogens is 267 g/mol. The molecule has 7 N–H and O–H groups in total.